The van der Waals surface area contributed by atoms with Gasteiger partial charge in [-0.05, 0) is 36.6 Å². The Morgan fingerprint density at radius 1 is 1.24 bits per heavy atom. The van der Waals surface area contributed by atoms with Crippen molar-refractivity contribution in [2.75, 3.05) is 20.3 Å². The Bertz CT molecular complexity index is 311. The molecule has 1 atom stereocenters. The molecule has 1 aromatic rings. The van der Waals surface area contributed by atoms with Crippen LogP contribution >= 0.6 is 11.6 Å². The van der Waals surface area contributed by atoms with Crippen LogP contribution in [0.2, 0.25) is 5.02 Å². The first-order valence-electron chi connectivity index (χ1n) is 6.10. The van der Waals surface area contributed by atoms with Gasteiger partial charge in [-0.2, -0.15) is 0 Å². The van der Waals surface area contributed by atoms with Crippen LogP contribution < -0.4 is 5.32 Å². The molecule has 1 aromatic carbocycles. The molecule has 0 aliphatic carbocycles. The quantitative estimate of drug-likeness (QED) is 0.808. The molecule has 0 aliphatic heterocycles. The summed E-state index contributed by atoms with van der Waals surface area (Å²) < 4.78 is 5.20. The van der Waals surface area contributed by atoms with E-state index in [0.717, 1.165) is 24.6 Å². The minimum atomic E-state index is 0.423. The predicted octanol–water partition coefficient (Wildman–Crippen LogP) is 3.14. The molecule has 0 aromatic heterocycles. The second-order valence-corrected chi connectivity index (χ2v) is 5.07. The van der Waals surface area contributed by atoms with Crippen LogP contribution in [0.15, 0.2) is 24.3 Å². The van der Waals surface area contributed by atoms with Crippen molar-refractivity contribution in [3.05, 3.63) is 34.9 Å². The molecule has 0 amide bonds. The van der Waals surface area contributed by atoms with Gasteiger partial charge in [0.25, 0.3) is 0 Å². The smallest absolute Gasteiger partial charge is 0.0618 e. The molecule has 0 aliphatic rings. The van der Waals surface area contributed by atoms with Crippen LogP contribution in [-0.2, 0) is 11.2 Å². The highest BCUT2D eigenvalue weighted by Gasteiger charge is 2.11. The average Bonchev–Trinajstić information content (AvgIpc) is 2.30. The average molecular weight is 256 g/mol. The highest BCUT2D eigenvalue weighted by molar-refractivity contribution is 6.30. The van der Waals surface area contributed by atoms with E-state index in [2.05, 4.69) is 31.3 Å². The molecule has 1 rings (SSSR count). The van der Waals surface area contributed by atoms with Crippen molar-refractivity contribution in [2.24, 2.45) is 5.92 Å². The summed E-state index contributed by atoms with van der Waals surface area (Å²) in [6, 6.07) is 8.44. The van der Waals surface area contributed by atoms with E-state index in [0.29, 0.717) is 12.0 Å². The zero-order valence-corrected chi connectivity index (χ0v) is 11.6. The van der Waals surface area contributed by atoms with E-state index in [4.69, 9.17) is 16.3 Å². The fraction of sp³-hybridized carbons (Fsp3) is 0.571. The van der Waals surface area contributed by atoms with Crippen molar-refractivity contribution < 1.29 is 4.74 Å². The Balaban J connectivity index is 2.33. The minimum absolute atomic E-state index is 0.423. The first-order valence-corrected chi connectivity index (χ1v) is 6.48. The maximum Gasteiger partial charge on any atom is 0.0618 e. The lowest BCUT2D eigenvalue weighted by Gasteiger charge is -2.21. The zero-order chi connectivity index (χ0) is 12.7. The van der Waals surface area contributed by atoms with Crippen LogP contribution in [-0.4, -0.2) is 26.3 Å². The van der Waals surface area contributed by atoms with Crippen molar-refractivity contribution >= 4 is 11.6 Å². The third-order valence-corrected chi connectivity index (χ3v) is 3.14. The number of benzene rings is 1. The molecule has 0 fully saturated rings. The first-order chi connectivity index (χ1) is 8.13. The van der Waals surface area contributed by atoms with Gasteiger partial charge in [0.05, 0.1) is 6.61 Å². The number of hydrogen-bond donors (Lipinski definition) is 1. The number of ether oxygens (including phenoxy) is 1. The normalized spacial score (nSPS) is 13.0. The lowest BCUT2D eigenvalue weighted by Crippen LogP contribution is -2.38. The summed E-state index contributed by atoms with van der Waals surface area (Å²) in [5, 5.41) is 4.32. The van der Waals surface area contributed by atoms with E-state index < -0.39 is 0 Å². The molecule has 1 N–H and O–H groups in total. The molecule has 0 saturated heterocycles. The molecule has 0 bridgehead atoms. The lowest BCUT2D eigenvalue weighted by atomic mass is 10.0. The topological polar surface area (TPSA) is 21.3 Å². The maximum absolute atomic E-state index is 5.85. The molecule has 17 heavy (non-hydrogen) atoms. The van der Waals surface area contributed by atoms with Gasteiger partial charge in [-0.3, -0.25) is 0 Å². The van der Waals surface area contributed by atoms with Gasteiger partial charge in [0.2, 0.25) is 0 Å². The largest absolute Gasteiger partial charge is 0.383 e. The number of methoxy groups -OCH3 is 1. The Hall–Kier alpha value is -0.570. The number of rotatable bonds is 7. The summed E-state index contributed by atoms with van der Waals surface area (Å²) in [4.78, 5) is 0. The van der Waals surface area contributed by atoms with Gasteiger partial charge in [0, 0.05) is 18.2 Å². The molecule has 3 heteroatoms. The van der Waals surface area contributed by atoms with E-state index in [9.17, 15) is 0 Å². The Kier molecular flexibility index (Phi) is 6.56. The third-order valence-electron chi connectivity index (χ3n) is 2.88. The predicted molar refractivity (Wildman–Crippen MR) is 73.7 cm³/mol. The monoisotopic (exact) mass is 255 g/mol. The SMILES string of the molecule is COCC(NCCc1ccc(Cl)cc1)C(C)C. The van der Waals surface area contributed by atoms with Crippen LogP contribution in [0.3, 0.4) is 0 Å². The van der Waals surface area contributed by atoms with E-state index in [1.165, 1.54) is 5.56 Å². The van der Waals surface area contributed by atoms with Crippen LogP contribution in [0, 0.1) is 5.92 Å². The van der Waals surface area contributed by atoms with Gasteiger partial charge >= 0.3 is 0 Å². The highest BCUT2D eigenvalue weighted by Crippen LogP contribution is 2.10. The summed E-state index contributed by atoms with van der Waals surface area (Å²) in [5.41, 5.74) is 1.31. The summed E-state index contributed by atoms with van der Waals surface area (Å²) in [6.07, 6.45) is 1.02. The van der Waals surface area contributed by atoms with Gasteiger partial charge in [-0.1, -0.05) is 37.6 Å². The van der Waals surface area contributed by atoms with Gasteiger partial charge in [-0.15, -0.1) is 0 Å². The van der Waals surface area contributed by atoms with Gasteiger partial charge in [-0.25, -0.2) is 0 Å². The van der Waals surface area contributed by atoms with Gasteiger partial charge in [0.15, 0.2) is 0 Å². The summed E-state index contributed by atoms with van der Waals surface area (Å²) in [7, 11) is 1.75. The fourth-order valence-corrected chi connectivity index (χ4v) is 1.85. The number of hydrogen-bond acceptors (Lipinski definition) is 2. The van der Waals surface area contributed by atoms with E-state index in [1.54, 1.807) is 7.11 Å². The lowest BCUT2D eigenvalue weighted by molar-refractivity contribution is 0.147. The van der Waals surface area contributed by atoms with Crippen molar-refractivity contribution in [1.29, 1.82) is 0 Å². The van der Waals surface area contributed by atoms with Crippen molar-refractivity contribution in [1.82, 2.24) is 5.32 Å². The van der Waals surface area contributed by atoms with E-state index in [1.807, 2.05) is 12.1 Å². The Morgan fingerprint density at radius 3 is 2.41 bits per heavy atom. The molecule has 0 spiro atoms. The Labute approximate surface area is 109 Å². The molecule has 1 unspecified atom stereocenters. The molecular formula is C14H22ClNO. The Morgan fingerprint density at radius 2 is 1.88 bits per heavy atom. The second kappa shape index (κ2) is 7.70. The standard InChI is InChI=1S/C14H22ClNO/c1-11(2)14(10-17-3)16-9-8-12-4-6-13(15)7-5-12/h4-7,11,14,16H,8-10H2,1-3H3. The molecule has 0 heterocycles. The summed E-state index contributed by atoms with van der Waals surface area (Å²) >= 11 is 5.85. The number of halogens is 1. The third kappa shape index (κ3) is 5.53. The van der Waals surface area contributed by atoms with Crippen LogP contribution in [0.1, 0.15) is 19.4 Å². The maximum atomic E-state index is 5.85. The van der Waals surface area contributed by atoms with E-state index >= 15 is 0 Å². The first kappa shape index (κ1) is 14.5. The van der Waals surface area contributed by atoms with Crippen LogP contribution in [0.5, 0.6) is 0 Å². The van der Waals surface area contributed by atoms with Crippen molar-refractivity contribution in [2.45, 2.75) is 26.3 Å². The van der Waals surface area contributed by atoms with Crippen molar-refractivity contribution in [3.63, 3.8) is 0 Å². The van der Waals surface area contributed by atoms with Crippen LogP contribution in [0.25, 0.3) is 0 Å². The molecule has 0 saturated carbocycles. The molecule has 2 nitrogen and oxygen atoms in total. The van der Waals surface area contributed by atoms with Gasteiger partial charge < -0.3 is 10.1 Å². The van der Waals surface area contributed by atoms with Crippen LogP contribution in [0.4, 0.5) is 0 Å². The summed E-state index contributed by atoms with van der Waals surface area (Å²) in [6.45, 7) is 6.14. The molecule has 96 valence electrons. The highest BCUT2D eigenvalue weighted by atomic mass is 35.5. The fourth-order valence-electron chi connectivity index (χ4n) is 1.72. The molecule has 0 radical (unpaired) electrons. The molecular weight excluding hydrogens is 234 g/mol. The second-order valence-electron chi connectivity index (χ2n) is 4.64. The minimum Gasteiger partial charge on any atom is -0.383 e. The number of nitrogens with one attached hydrogen (secondary N) is 1. The van der Waals surface area contributed by atoms with E-state index in [-0.39, 0.29) is 0 Å². The van der Waals surface area contributed by atoms with Crippen molar-refractivity contribution in [3.8, 4) is 0 Å². The summed E-state index contributed by atoms with van der Waals surface area (Å²) in [5.74, 6) is 0.583. The van der Waals surface area contributed by atoms with Gasteiger partial charge in [0.1, 0.15) is 0 Å². The zero-order valence-electron chi connectivity index (χ0n) is 10.9.